The SMILES string of the molecule is CCCCc1c(CC2=CC[C@@H](C)C=C2)sc2ccccc12. The third kappa shape index (κ3) is 3.29. The highest BCUT2D eigenvalue weighted by Crippen LogP contribution is 2.34. The van der Waals surface area contributed by atoms with Crippen molar-refractivity contribution in [3.63, 3.8) is 0 Å². The number of hydrogen-bond acceptors (Lipinski definition) is 1. The fourth-order valence-corrected chi connectivity index (χ4v) is 4.30. The van der Waals surface area contributed by atoms with Crippen molar-refractivity contribution in [2.75, 3.05) is 0 Å². The molecule has 3 rings (SSSR count). The summed E-state index contributed by atoms with van der Waals surface area (Å²) in [5.41, 5.74) is 3.10. The lowest BCUT2D eigenvalue weighted by atomic mass is 9.94. The summed E-state index contributed by atoms with van der Waals surface area (Å²) in [6.07, 6.45) is 13.2. The number of fused-ring (bicyclic) bond motifs is 1. The smallest absolute Gasteiger partial charge is 0.0348 e. The average Bonchev–Trinajstić information content (AvgIpc) is 2.85. The molecule has 2 aromatic rings. The minimum Gasteiger partial charge on any atom is -0.140 e. The van der Waals surface area contributed by atoms with Crippen LogP contribution in [0.2, 0.25) is 0 Å². The Balaban J connectivity index is 1.91. The van der Waals surface area contributed by atoms with Crippen LogP contribution in [0.4, 0.5) is 0 Å². The van der Waals surface area contributed by atoms with Crippen LogP contribution < -0.4 is 0 Å². The molecule has 0 spiro atoms. The van der Waals surface area contributed by atoms with E-state index < -0.39 is 0 Å². The zero-order valence-corrected chi connectivity index (χ0v) is 13.9. The number of unbranched alkanes of at least 4 members (excludes halogenated alkanes) is 1. The number of thiophene rings is 1. The predicted molar refractivity (Wildman–Crippen MR) is 95.1 cm³/mol. The lowest BCUT2D eigenvalue weighted by molar-refractivity contribution is 0.728. The van der Waals surface area contributed by atoms with Gasteiger partial charge >= 0.3 is 0 Å². The van der Waals surface area contributed by atoms with E-state index in [1.165, 1.54) is 41.3 Å². The fourth-order valence-electron chi connectivity index (χ4n) is 3.01. The lowest BCUT2D eigenvalue weighted by Crippen LogP contribution is -1.98. The van der Waals surface area contributed by atoms with E-state index in [1.807, 2.05) is 11.3 Å². The number of allylic oxidation sites excluding steroid dienone is 4. The number of rotatable bonds is 5. The van der Waals surface area contributed by atoms with Crippen LogP contribution in [0.3, 0.4) is 0 Å². The second-order valence-electron chi connectivity index (χ2n) is 6.13. The summed E-state index contributed by atoms with van der Waals surface area (Å²) in [5, 5.41) is 1.49. The molecule has 0 radical (unpaired) electrons. The van der Waals surface area contributed by atoms with Crippen LogP contribution in [0.5, 0.6) is 0 Å². The van der Waals surface area contributed by atoms with Crippen LogP contribution in [0.15, 0.2) is 48.1 Å². The van der Waals surface area contributed by atoms with Crippen LogP contribution in [0, 0.1) is 5.92 Å². The van der Waals surface area contributed by atoms with Gasteiger partial charge in [0.25, 0.3) is 0 Å². The minimum atomic E-state index is 0.704. The molecule has 1 atom stereocenters. The van der Waals surface area contributed by atoms with Gasteiger partial charge in [0.2, 0.25) is 0 Å². The maximum absolute atomic E-state index is 2.43. The molecular weight excluding hydrogens is 272 g/mol. The topological polar surface area (TPSA) is 0 Å². The molecule has 0 N–H and O–H groups in total. The van der Waals surface area contributed by atoms with Crippen molar-refractivity contribution in [1.82, 2.24) is 0 Å². The van der Waals surface area contributed by atoms with E-state index >= 15 is 0 Å². The maximum atomic E-state index is 2.43. The van der Waals surface area contributed by atoms with Gasteiger partial charge in [0.1, 0.15) is 0 Å². The van der Waals surface area contributed by atoms with Gasteiger partial charge in [-0.25, -0.2) is 0 Å². The first-order chi connectivity index (χ1) is 10.3. The van der Waals surface area contributed by atoms with Crippen LogP contribution in [-0.4, -0.2) is 0 Å². The second kappa shape index (κ2) is 6.62. The van der Waals surface area contributed by atoms with Crippen molar-refractivity contribution in [2.24, 2.45) is 5.92 Å². The van der Waals surface area contributed by atoms with Crippen LogP contribution in [0.1, 0.15) is 43.6 Å². The van der Waals surface area contributed by atoms with Gasteiger partial charge in [0.15, 0.2) is 0 Å². The number of hydrogen-bond donors (Lipinski definition) is 0. The van der Waals surface area contributed by atoms with Crippen molar-refractivity contribution in [1.29, 1.82) is 0 Å². The fraction of sp³-hybridized carbons (Fsp3) is 0.400. The van der Waals surface area contributed by atoms with Crippen molar-refractivity contribution in [2.45, 2.75) is 46.0 Å². The number of aryl methyl sites for hydroxylation is 1. The molecule has 1 aliphatic carbocycles. The van der Waals surface area contributed by atoms with Crippen molar-refractivity contribution in [3.05, 3.63) is 58.5 Å². The van der Waals surface area contributed by atoms with E-state index in [0.717, 1.165) is 6.42 Å². The summed E-state index contributed by atoms with van der Waals surface area (Å²) in [7, 11) is 0. The van der Waals surface area contributed by atoms with E-state index in [0.29, 0.717) is 5.92 Å². The van der Waals surface area contributed by atoms with Gasteiger partial charge in [-0.3, -0.25) is 0 Å². The Morgan fingerprint density at radius 2 is 2.10 bits per heavy atom. The largest absolute Gasteiger partial charge is 0.140 e. The summed E-state index contributed by atoms with van der Waals surface area (Å²) in [4.78, 5) is 1.58. The second-order valence-corrected chi connectivity index (χ2v) is 7.27. The lowest BCUT2D eigenvalue weighted by Gasteiger charge is -2.12. The Bertz CT molecular complexity index is 672. The van der Waals surface area contributed by atoms with Crippen molar-refractivity contribution in [3.8, 4) is 0 Å². The maximum Gasteiger partial charge on any atom is 0.0348 e. The van der Waals surface area contributed by atoms with E-state index in [9.17, 15) is 0 Å². The van der Waals surface area contributed by atoms with E-state index in [1.54, 1.807) is 10.4 Å². The summed E-state index contributed by atoms with van der Waals surface area (Å²) < 4.78 is 1.45. The Morgan fingerprint density at radius 1 is 1.24 bits per heavy atom. The third-order valence-corrected chi connectivity index (χ3v) is 5.53. The van der Waals surface area contributed by atoms with Crippen molar-refractivity contribution >= 4 is 21.4 Å². The van der Waals surface area contributed by atoms with Gasteiger partial charge in [0, 0.05) is 16.0 Å². The molecule has 1 aromatic carbocycles. The Hall–Kier alpha value is -1.34. The molecule has 1 heteroatoms. The normalized spacial score (nSPS) is 18.2. The molecule has 0 saturated heterocycles. The molecule has 1 aliphatic rings. The molecule has 0 saturated carbocycles. The molecule has 0 amide bonds. The molecule has 21 heavy (non-hydrogen) atoms. The van der Waals surface area contributed by atoms with Crippen LogP contribution >= 0.6 is 11.3 Å². The average molecular weight is 296 g/mol. The van der Waals surface area contributed by atoms with E-state index in [4.69, 9.17) is 0 Å². The van der Waals surface area contributed by atoms with E-state index in [-0.39, 0.29) is 0 Å². The molecule has 0 unspecified atom stereocenters. The third-order valence-electron chi connectivity index (χ3n) is 4.32. The van der Waals surface area contributed by atoms with Gasteiger partial charge in [-0.15, -0.1) is 11.3 Å². The summed E-state index contributed by atoms with van der Waals surface area (Å²) in [6, 6.07) is 8.91. The first-order valence-electron chi connectivity index (χ1n) is 8.14. The molecule has 0 nitrogen and oxygen atoms in total. The summed E-state index contributed by atoms with van der Waals surface area (Å²) >= 11 is 1.99. The summed E-state index contributed by atoms with van der Waals surface area (Å²) in [6.45, 7) is 4.57. The first kappa shape index (κ1) is 14.6. The Morgan fingerprint density at radius 3 is 2.86 bits per heavy atom. The molecule has 1 heterocycles. The zero-order valence-electron chi connectivity index (χ0n) is 13.1. The highest BCUT2D eigenvalue weighted by atomic mass is 32.1. The van der Waals surface area contributed by atoms with Crippen molar-refractivity contribution < 1.29 is 0 Å². The minimum absolute atomic E-state index is 0.704. The highest BCUT2D eigenvalue weighted by molar-refractivity contribution is 7.19. The molecular formula is C20H24S. The van der Waals surface area contributed by atoms with Gasteiger partial charge < -0.3 is 0 Å². The Labute approximate surface area is 132 Å². The number of benzene rings is 1. The summed E-state index contributed by atoms with van der Waals surface area (Å²) in [5.74, 6) is 0.704. The molecule has 1 aromatic heterocycles. The molecule has 110 valence electrons. The quantitative estimate of drug-likeness (QED) is 0.606. The van der Waals surface area contributed by atoms with Crippen LogP contribution in [-0.2, 0) is 12.8 Å². The van der Waals surface area contributed by atoms with Gasteiger partial charge in [-0.05, 0) is 47.8 Å². The highest BCUT2D eigenvalue weighted by Gasteiger charge is 2.13. The monoisotopic (exact) mass is 296 g/mol. The molecule has 0 bridgehead atoms. The first-order valence-corrected chi connectivity index (χ1v) is 8.96. The van der Waals surface area contributed by atoms with Gasteiger partial charge in [-0.1, -0.05) is 56.7 Å². The predicted octanol–water partition coefficient (Wildman–Crippen LogP) is 6.31. The van der Waals surface area contributed by atoms with Crippen LogP contribution in [0.25, 0.3) is 10.1 Å². The van der Waals surface area contributed by atoms with Gasteiger partial charge in [0.05, 0.1) is 0 Å². The zero-order chi connectivity index (χ0) is 14.7. The standard InChI is InChI=1S/C20H24S/c1-3-4-7-18-17-8-5-6-9-19(17)21-20(18)14-16-12-10-15(2)11-13-16/h5-6,8-10,12-13,15H,3-4,7,11,14H2,1-2H3/t15-/m0/s1. The molecule has 0 aliphatic heterocycles. The van der Waals surface area contributed by atoms with E-state index in [2.05, 4.69) is 56.3 Å². The molecule has 0 fully saturated rings. The van der Waals surface area contributed by atoms with Gasteiger partial charge in [-0.2, -0.15) is 0 Å². The Kier molecular flexibility index (Phi) is 4.60.